The average molecular weight is 574 g/mol. The maximum Gasteiger partial charge on any atom is 0.432 e. The number of aromatic hydroxyl groups is 1. The molecular weight excluding hydrogens is 569 g/mol. The Morgan fingerprint density at radius 1 is 1.09 bits per heavy atom. The van der Waals surface area contributed by atoms with E-state index >= 15 is 0 Å². The molecule has 0 aliphatic rings. The van der Waals surface area contributed by atoms with E-state index in [2.05, 4.69) is 4.74 Å². The highest BCUT2D eigenvalue weighted by Crippen LogP contribution is 2.40. The molecule has 0 amide bonds. The van der Waals surface area contributed by atoms with Gasteiger partial charge >= 0.3 is 21.5 Å². The van der Waals surface area contributed by atoms with Crippen LogP contribution in [-0.2, 0) is 10.1 Å². The maximum absolute atomic E-state index is 13.3. The molecule has 0 heterocycles. The van der Waals surface area contributed by atoms with Crippen molar-refractivity contribution < 1.29 is 44.8 Å². The van der Waals surface area contributed by atoms with Gasteiger partial charge in [0.15, 0.2) is 0 Å². The van der Waals surface area contributed by atoms with E-state index in [9.17, 15) is 35.5 Å². The Labute approximate surface area is 147 Å². The van der Waals surface area contributed by atoms with Gasteiger partial charge in [-0.1, -0.05) is 0 Å². The van der Waals surface area contributed by atoms with Crippen molar-refractivity contribution in [2.45, 2.75) is 17.5 Å². The van der Waals surface area contributed by atoms with Crippen LogP contribution in [0.3, 0.4) is 0 Å². The summed E-state index contributed by atoms with van der Waals surface area (Å²) in [6.07, 6.45) is -9.90. The van der Waals surface area contributed by atoms with Gasteiger partial charge in [0.2, 0.25) is 0 Å². The summed E-state index contributed by atoms with van der Waals surface area (Å²) < 4.78 is 98.0. The molecular formula is C9H5F5I2O5S. The minimum absolute atomic E-state index is 0.00408. The van der Waals surface area contributed by atoms with Gasteiger partial charge in [-0.25, -0.2) is 0 Å². The van der Waals surface area contributed by atoms with Gasteiger partial charge in [-0.2, -0.15) is 30.4 Å². The molecule has 13 heteroatoms. The Kier molecular flexibility index (Phi) is 5.77. The third-order valence-corrected chi connectivity index (χ3v) is 4.74. The lowest BCUT2D eigenvalue weighted by molar-refractivity contribution is -0.239. The number of rotatable bonds is 4. The van der Waals surface area contributed by atoms with Crippen molar-refractivity contribution in [3.63, 3.8) is 0 Å². The Bertz CT molecular complexity index is 652. The largest absolute Gasteiger partial charge is 0.506 e. The lowest BCUT2D eigenvalue weighted by Crippen LogP contribution is -2.53. The number of phenolic OH excluding ortho intramolecular Hbond substituents is 1. The Balaban J connectivity index is 3.34. The van der Waals surface area contributed by atoms with Gasteiger partial charge in [0.05, 0.1) is 7.14 Å². The van der Waals surface area contributed by atoms with E-state index < -0.39 is 33.4 Å². The predicted molar refractivity (Wildman–Crippen MR) is 80.5 cm³/mol. The first-order valence-corrected chi connectivity index (χ1v) is 8.54. The van der Waals surface area contributed by atoms with Gasteiger partial charge in [-0.15, -0.1) is 0 Å². The predicted octanol–water partition coefficient (Wildman–Crippen LogP) is 3.39. The smallest absolute Gasteiger partial charge is 0.432 e. The third kappa shape index (κ3) is 4.22. The van der Waals surface area contributed by atoms with Crippen LogP contribution in [0, 0.1) is 7.14 Å². The van der Waals surface area contributed by atoms with Gasteiger partial charge in [0, 0.05) is 0 Å². The molecule has 1 rings (SSSR count). The summed E-state index contributed by atoms with van der Waals surface area (Å²) in [5.41, 5.74) is 0. The molecule has 0 bridgehead atoms. The fourth-order valence-electron chi connectivity index (χ4n) is 1.21. The molecule has 1 aromatic carbocycles. The highest BCUT2D eigenvalue weighted by molar-refractivity contribution is 14.1. The van der Waals surface area contributed by atoms with E-state index in [1.807, 2.05) is 0 Å². The third-order valence-electron chi connectivity index (χ3n) is 2.19. The number of alkyl halides is 5. The number of hydrogen-bond donors (Lipinski definition) is 2. The van der Waals surface area contributed by atoms with Crippen molar-refractivity contribution in [3.05, 3.63) is 19.3 Å². The average Bonchev–Trinajstić information content (AvgIpc) is 2.29. The molecule has 0 spiro atoms. The van der Waals surface area contributed by atoms with Crippen LogP contribution in [0.25, 0.3) is 0 Å². The van der Waals surface area contributed by atoms with Crippen LogP contribution < -0.4 is 4.74 Å². The van der Waals surface area contributed by atoms with E-state index in [0.717, 1.165) is 12.1 Å². The SMILES string of the molecule is O=S(=O)(O)C(F)(F)C(Oc1cc(I)c(O)c(I)c1)C(F)(F)F. The first-order valence-electron chi connectivity index (χ1n) is 4.94. The molecule has 1 aromatic rings. The monoisotopic (exact) mass is 574 g/mol. The van der Waals surface area contributed by atoms with Crippen molar-refractivity contribution in [3.8, 4) is 11.5 Å². The number of phenols is 1. The Hall–Kier alpha value is -0.160. The van der Waals surface area contributed by atoms with Crippen molar-refractivity contribution in [1.29, 1.82) is 0 Å². The zero-order valence-electron chi connectivity index (χ0n) is 9.91. The van der Waals surface area contributed by atoms with E-state index in [1.165, 1.54) is 45.2 Å². The summed E-state index contributed by atoms with van der Waals surface area (Å²) in [6, 6.07) is 1.60. The Morgan fingerprint density at radius 3 is 1.82 bits per heavy atom. The molecule has 0 aliphatic carbocycles. The first-order chi connectivity index (χ1) is 9.68. The second-order valence-electron chi connectivity index (χ2n) is 3.81. The van der Waals surface area contributed by atoms with Crippen LogP contribution in [0.4, 0.5) is 22.0 Å². The van der Waals surface area contributed by atoms with Crippen LogP contribution >= 0.6 is 45.2 Å². The topological polar surface area (TPSA) is 83.8 Å². The molecule has 5 nitrogen and oxygen atoms in total. The van der Waals surface area contributed by atoms with Crippen molar-refractivity contribution in [2.75, 3.05) is 0 Å². The quantitative estimate of drug-likeness (QED) is 0.328. The maximum atomic E-state index is 13.3. The molecule has 0 aromatic heterocycles. The number of halogens is 7. The lowest BCUT2D eigenvalue weighted by Gasteiger charge is -2.27. The van der Waals surface area contributed by atoms with E-state index in [-0.39, 0.29) is 12.9 Å². The summed E-state index contributed by atoms with van der Waals surface area (Å²) >= 11 is 3.02. The molecule has 1 unspecified atom stereocenters. The molecule has 0 saturated heterocycles. The molecule has 0 radical (unpaired) electrons. The summed E-state index contributed by atoms with van der Waals surface area (Å²) in [5, 5.41) is 3.83. The summed E-state index contributed by atoms with van der Waals surface area (Å²) in [4.78, 5) is 0. The zero-order chi connectivity index (χ0) is 17.5. The van der Waals surface area contributed by atoms with Crippen LogP contribution in [0.2, 0.25) is 0 Å². The van der Waals surface area contributed by atoms with Crippen LogP contribution in [0.5, 0.6) is 11.5 Å². The van der Waals surface area contributed by atoms with Crippen molar-refractivity contribution in [1.82, 2.24) is 0 Å². The standard InChI is InChI=1S/C9H5F5I2O5S/c10-8(11,12)7(9(13,14)22(18,19)20)21-3-1-4(15)6(17)5(16)2-3/h1-2,7,17H,(H,18,19,20). The Morgan fingerprint density at radius 2 is 1.50 bits per heavy atom. The van der Waals surface area contributed by atoms with Gasteiger partial charge in [-0.3, -0.25) is 4.55 Å². The summed E-state index contributed by atoms with van der Waals surface area (Å²) in [7, 11) is -6.36. The fraction of sp³-hybridized carbons (Fsp3) is 0.333. The number of hydrogen-bond acceptors (Lipinski definition) is 4. The van der Waals surface area contributed by atoms with Crippen molar-refractivity contribution >= 4 is 55.3 Å². The summed E-state index contributed by atoms with van der Waals surface area (Å²) in [6.45, 7) is 0. The normalized spacial score (nSPS) is 14.7. The molecule has 0 aliphatic heterocycles. The lowest BCUT2D eigenvalue weighted by atomic mass is 10.3. The molecule has 0 saturated carbocycles. The summed E-state index contributed by atoms with van der Waals surface area (Å²) in [5.74, 6) is -1.06. The van der Waals surface area contributed by atoms with E-state index in [1.54, 1.807) is 0 Å². The van der Waals surface area contributed by atoms with Crippen LogP contribution in [-0.4, -0.2) is 35.6 Å². The van der Waals surface area contributed by atoms with Gasteiger partial charge < -0.3 is 9.84 Å². The van der Waals surface area contributed by atoms with Gasteiger partial charge in [-0.05, 0) is 57.3 Å². The van der Waals surface area contributed by atoms with Gasteiger partial charge in [0.25, 0.3) is 6.10 Å². The molecule has 0 fully saturated rings. The molecule has 126 valence electrons. The number of ether oxygens (including phenoxy) is 1. The molecule has 2 N–H and O–H groups in total. The zero-order valence-corrected chi connectivity index (χ0v) is 15.0. The molecule has 1 atom stereocenters. The van der Waals surface area contributed by atoms with Crippen molar-refractivity contribution in [2.24, 2.45) is 0 Å². The number of benzene rings is 1. The van der Waals surface area contributed by atoms with Gasteiger partial charge in [0.1, 0.15) is 11.5 Å². The van der Waals surface area contributed by atoms with E-state index in [4.69, 9.17) is 4.55 Å². The minimum atomic E-state index is -6.36. The van der Waals surface area contributed by atoms with E-state index in [0.29, 0.717) is 0 Å². The first kappa shape index (κ1) is 19.9. The van der Waals surface area contributed by atoms with Crippen LogP contribution in [0.1, 0.15) is 0 Å². The second kappa shape index (κ2) is 6.39. The fourth-order valence-corrected chi connectivity index (χ4v) is 3.37. The highest BCUT2D eigenvalue weighted by Gasteiger charge is 2.65. The second-order valence-corrected chi connectivity index (χ2v) is 7.63. The highest BCUT2D eigenvalue weighted by atomic mass is 127. The molecule has 22 heavy (non-hydrogen) atoms. The minimum Gasteiger partial charge on any atom is -0.506 e. The van der Waals surface area contributed by atoms with Crippen LogP contribution in [0.15, 0.2) is 12.1 Å².